The molecule has 154 valence electrons. The Labute approximate surface area is 175 Å². The number of nitrogens with one attached hydrogen (secondary N) is 1. The number of hydrogen-bond donors (Lipinski definition) is 1. The largest absolute Gasteiger partial charge is 0.363 e. The van der Waals surface area contributed by atoms with Crippen LogP contribution in [-0.4, -0.2) is 41.3 Å². The van der Waals surface area contributed by atoms with Crippen molar-refractivity contribution in [1.29, 1.82) is 0 Å². The van der Waals surface area contributed by atoms with E-state index in [-0.39, 0.29) is 0 Å². The van der Waals surface area contributed by atoms with E-state index in [4.69, 9.17) is 16.7 Å². The molecule has 0 spiro atoms. The van der Waals surface area contributed by atoms with Crippen molar-refractivity contribution in [3.63, 3.8) is 0 Å². The molecule has 1 N–H and O–H groups in total. The number of anilines is 1. The molecule has 1 aromatic heterocycles. The summed E-state index contributed by atoms with van der Waals surface area (Å²) in [7, 11) is 2.05. The van der Waals surface area contributed by atoms with E-state index in [9.17, 15) is 0 Å². The van der Waals surface area contributed by atoms with E-state index in [1.54, 1.807) is 0 Å². The number of benzene rings is 1. The fourth-order valence-electron chi connectivity index (χ4n) is 2.90. The first kappa shape index (κ1) is 22.2. The molecule has 5 nitrogen and oxygen atoms in total. The molecule has 2 aromatic rings. The van der Waals surface area contributed by atoms with E-state index >= 15 is 0 Å². The average molecular weight is 403 g/mol. The first-order valence-corrected chi connectivity index (χ1v) is 10.6. The van der Waals surface area contributed by atoms with Crippen molar-refractivity contribution in [3.8, 4) is 11.3 Å². The number of thiocarbonyl (C=S) groups is 1. The number of rotatable bonds is 9. The van der Waals surface area contributed by atoms with Gasteiger partial charge in [0.25, 0.3) is 0 Å². The molecule has 0 saturated carbocycles. The van der Waals surface area contributed by atoms with Crippen molar-refractivity contribution < 1.29 is 4.52 Å². The first-order valence-electron chi connectivity index (χ1n) is 10.1. The Morgan fingerprint density at radius 1 is 1.18 bits per heavy atom. The van der Waals surface area contributed by atoms with Crippen molar-refractivity contribution in [3.05, 3.63) is 35.9 Å². The van der Waals surface area contributed by atoms with Crippen LogP contribution in [0.5, 0.6) is 0 Å². The summed E-state index contributed by atoms with van der Waals surface area (Å²) < 4.78 is 5.83. The first-order chi connectivity index (χ1) is 13.3. The van der Waals surface area contributed by atoms with Gasteiger partial charge in [-0.25, -0.2) is 0 Å². The Hall–Kier alpha value is -2.08. The standard InChI is InChI=1S/C22H34N4OS/c1-7-23-22(28)26(14-13-16(2)3)15-19-20(18-11-9-8-10-12-18)24-27-21(19)25(6)17(4)5/h8-12,16-17H,7,13-15H2,1-6H3,(H,23,28). The van der Waals surface area contributed by atoms with Gasteiger partial charge >= 0.3 is 0 Å². The van der Waals surface area contributed by atoms with Gasteiger partial charge in [0, 0.05) is 31.7 Å². The lowest BCUT2D eigenvalue weighted by Gasteiger charge is -2.28. The Balaban J connectivity index is 2.43. The van der Waals surface area contributed by atoms with Gasteiger partial charge in [0.2, 0.25) is 5.88 Å². The predicted molar refractivity (Wildman–Crippen MR) is 122 cm³/mol. The highest BCUT2D eigenvalue weighted by Gasteiger charge is 2.24. The molecule has 0 bridgehead atoms. The molecule has 0 aliphatic carbocycles. The Kier molecular flexibility index (Phi) is 8.30. The Morgan fingerprint density at radius 2 is 1.86 bits per heavy atom. The summed E-state index contributed by atoms with van der Waals surface area (Å²) in [6.07, 6.45) is 1.08. The molecule has 0 aliphatic rings. The van der Waals surface area contributed by atoms with Crippen LogP contribution in [0, 0.1) is 5.92 Å². The van der Waals surface area contributed by atoms with E-state index in [0.717, 1.165) is 47.3 Å². The molecule has 0 aliphatic heterocycles. The van der Waals surface area contributed by atoms with Gasteiger partial charge in [-0.2, -0.15) is 0 Å². The topological polar surface area (TPSA) is 44.5 Å². The van der Waals surface area contributed by atoms with Gasteiger partial charge in [0.1, 0.15) is 5.69 Å². The van der Waals surface area contributed by atoms with Crippen LogP contribution in [0.1, 0.15) is 46.6 Å². The zero-order valence-electron chi connectivity index (χ0n) is 18.0. The summed E-state index contributed by atoms with van der Waals surface area (Å²) in [6, 6.07) is 10.5. The lowest BCUT2D eigenvalue weighted by Crippen LogP contribution is -2.40. The highest BCUT2D eigenvalue weighted by Crippen LogP contribution is 2.33. The molecule has 0 atom stereocenters. The van der Waals surface area contributed by atoms with Gasteiger partial charge in [-0.1, -0.05) is 49.3 Å². The smallest absolute Gasteiger partial charge is 0.232 e. The molecule has 0 amide bonds. The van der Waals surface area contributed by atoms with Crippen LogP contribution in [0.2, 0.25) is 0 Å². The van der Waals surface area contributed by atoms with Gasteiger partial charge < -0.3 is 19.6 Å². The molecule has 1 aromatic carbocycles. The minimum absolute atomic E-state index is 0.306. The van der Waals surface area contributed by atoms with Crippen LogP contribution >= 0.6 is 12.2 Å². The second-order valence-electron chi connectivity index (χ2n) is 7.83. The minimum atomic E-state index is 0.306. The van der Waals surface area contributed by atoms with E-state index in [2.05, 4.69) is 67.0 Å². The van der Waals surface area contributed by atoms with Crippen molar-refractivity contribution in [2.75, 3.05) is 25.0 Å². The molecule has 1 heterocycles. The summed E-state index contributed by atoms with van der Waals surface area (Å²) in [5.74, 6) is 1.42. The molecule has 6 heteroatoms. The Morgan fingerprint density at radius 3 is 2.43 bits per heavy atom. The summed E-state index contributed by atoms with van der Waals surface area (Å²) >= 11 is 5.67. The molecule has 0 saturated heterocycles. The molecule has 0 unspecified atom stereocenters. The molecule has 0 fully saturated rings. The molecule has 2 rings (SSSR count). The quantitative estimate of drug-likeness (QED) is 0.600. The van der Waals surface area contributed by atoms with E-state index in [1.165, 1.54) is 0 Å². The maximum Gasteiger partial charge on any atom is 0.232 e. The third kappa shape index (κ3) is 5.71. The maximum absolute atomic E-state index is 5.83. The minimum Gasteiger partial charge on any atom is -0.363 e. The fourth-order valence-corrected chi connectivity index (χ4v) is 3.20. The molecule has 28 heavy (non-hydrogen) atoms. The lowest BCUT2D eigenvalue weighted by atomic mass is 10.1. The SMILES string of the molecule is CCNC(=S)N(CCC(C)C)Cc1c(-c2ccccc2)noc1N(C)C(C)C. The van der Waals surface area contributed by atoms with Crippen molar-refractivity contribution in [2.45, 2.75) is 53.6 Å². The lowest BCUT2D eigenvalue weighted by molar-refractivity contribution is 0.367. The van der Waals surface area contributed by atoms with E-state index in [1.807, 2.05) is 25.2 Å². The fraction of sp³-hybridized carbons (Fsp3) is 0.545. The van der Waals surface area contributed by atoms with Gasteiger partial charge in [-0.05, 0) is 45.3 Å². The highest BCUT2D eigenvalue weighted by atomic mass is 32.1. The zero-order valence-corrected chi connectivity index (χ0v) is 18.8. The maximum atomic E-state index is 5.83. The molecular formula is C22H34N4OS. The van der Waals surface area contributed by atoms with Crippen LogP contribution in [0.3, 0.4) is 0 Å². The molecular weight excluding hydrogens is 368 g/mol. The van der Waals surface area contributed by atoms with Gasteiger partial charge in [0.05, 0.1) is 12.1 Å². The zero-order chi connectivity index (χ0) is 20.7. The third-order valence-corrected chi connectivity index (χ3v) is 5.25. The van der Waals surface area contributed by atoms with Crippen molar-refractivity contribution in [2.24, 2.45) is 5.92 Å². The van der Waals surface area contributed by atoms with E-state index < -0.39 is 0 Å². The molecule has 0 radical (unpaired) electrons. The predicted octanol–water partition coefficient (Wildman–Crippen LogP) is 4.93. The summed E-state index contributed by atoms with van der Waals surface area (Å²) in [4.78, 5) is 4.36. The van der Waals surface area contributed by atoms with Crippen molar-refractivity contribution in [1.82, 2.24) is 15.4 Å². The third-order valence-electron chi connectivity index (χ3n) is 4.85. The van der Waals surface area contributed by atoms with Crippen LogP contribution in [0.25, 0.3) is 11.3 Å². The van der Waals surface area contributed by atoms with Gasteiger partial charge in [0.15, 0.2) is 5.11 Å². The van der Waals surface area contributed by atoms with Crippen LogP contribution in [-0.2, 0) is 6.54 Å². The van der Waals surface area contributed by atoms with E-state index in [0.29, 0.717) is 18.5 Å². The summed E-state index contributed by atoms with van der Waals surface area (Å²) in [6.45, 7) is 13.2. The summed E-state index contributed by atoms with van der Waals surface area (Å²) in [5, 5.41) is 8.52. The van der Waals surface area contributed by atoms with Crippen LogP contribution < -0.4 is 10.2 Å². The second-order valence-corrected chi connectivity index (χ2v) is 8.21. The average Bonchev–Trinajstić information content (AvgIpc) is 3.08. The van der Waals surface area contributed by atoms with Crippen LogP contribution in [0.4, 0.5) is 5.88 Å². The monoisotopic (exact) mass is 402 g/mol. The normalized spacial score (nSPS) is 11.1. The van der Waals surface area contributed by atoms with Gasteiger partial charge in [-0.3, -0.25) is 0 Å². The Bertz CT molecular complexity index is 742. The second kappa shape index (κ2) is 10.5. The number of aromatic nitrogens is 1. The highest BCUT2D eigenvalue weighted by molar-refractivity contribution is 7.80. The van der Waals surface area contributed by atoms with Crippen LogP contribution in [0.15, 0.2) is 34.9 Å². The number of hydrogen-bond acceptors (Lipinski definition) is 4. The summed E-state index contributed by atoms with van der Waals surface area (Å²) in [5.41, 5.74) is 3.02. The number of nitrogens with zero attached hydrogens (tertiary/aromatic N) is 3. The van der Waals surface area contributed by atoms with Gasteiger partial charge in [-0.15, -0.1) is 0 Å². The van der Waals surface area contributed by atoms with Crippen molar-refractivity contribution >= 4 is 23.2 Å².